The van der Waals surface area contributed by atoms with Crippen LogP contribution in [0.15, 0.2) is 53.0 Å². The summed E-state index contributed by atoms with van der Waals surface area (Å²) in [7, 11) is 0. The summed E-state index contributed by atoms with van der Waals surface area (Å²) in [5, 5.41) is 9.19. The molecule has 0 spiro atoms. The van der Waals surface area contributed by atoms with Gasteiger partial charge in [-0.05, 0) is 41.8 Å². The van der Waals surface area contributed by atoms with Crippen LogP contribution in [0.2, 0.25) is 0 Å². The van der Waals surface area contributed by atoms with E-state index in [2.05, 4.69) is 15.9 Å². The van der Waals surface area contributed by atoms with Crippen molar-refractivity contribution in [2.45, 2.75) is 19.1 Å². The lowest BCUT2D eigenvalue weighted by atomic mass is 10.00. The highest BCUT2D eigenvalue weighted by molar-refractivity contribution is 9.10. The number of alkyl halides is 3. The van der Waals surface area contributed by atoms with Crippen molar-refractivity contribution >= 4 is 27.6 Å². The number of carboxylic acid groups (broad SMARTS) is 1. The number of benzene rings is 2. The highest BCUT2D eigenvalue weighted by Crippen LogP contribution is 2.33. The molecular weight excluding hydrogens is 437 g/mol. The average Bonchev–Trinajstić information content (AvgIpc) is 2.61. The van der Waals surface area contributed by atoms with Crippen LogP contribution >= 0.6 is 15.9 Å². The maximum atomic E-state index is 13.3. The minimum absolute atomic E-state index is 0.0234. The third-order valence-electron chi connectivity index (χ3n) is 4.74. The normalized spacial score (nSPS) is 18.3. The van der Waals surface area contributed by atoms with E-state index in [1.165, 1.54) is 12.1 Å². The quantitative estimate of drug-likeness (QED) is 0.698. The molecule has 1 fully saturated rings. The van der Waals surface area contributed by atoms with Crippen molar-refractivity contribution in [2.75, 3.05) is 24.7 Å². The van der Waals surface area contributed by atoms with Gasteiger partial charge in [0.05, 0.1) is 18.7 Å². The monoisotopic (exact) mass is 456 g/mol. The zero-order valence-electron chi connectivity index (χ0n) is 15.0. The lowest BCUT2D eigenvalue weighted by Gasteiger charge is -2.41. The van der Waals surface area contributed by atoms with Crippen molar-refractivity contribution in [3.8, 4) is 0 Å². The molecule has 4 nitrogen and oxygen atoms in total. The van der Waals surface area contributed by atoms with E-state index < -0.39 is 17.7 Å². The Kier molecular flexibility index (Phi) is 6.30. The zero-order chi connectivity index (χ0) is 20.3. The Labute approximate surface area is 169 Å². The highest BCUT2D eigenvalue weighted by Gasteiger charge is 2.34. The number of aliphatic carboxylic acids is 1. The Morgan fingerprint density at radius 1 is 1.11 bits per heavy atom. The van der Waals surface area contributed by atoms with Gasteiger partial charge in [0.1, 0.15) is 0 Å². The van der Waals surface area contributed by atoms with Gasteiger partial charge in [0, 0.05) is 29.8 Å². The molecule has 0 radical (unpaired) electrons. The fraction of sp³-hybridized carbons (Fsp3) is 0.350. The first kappa shape index (κ1) is 20.7. The van der Waals surface area contributed by atoms with Gasteiger partial charge in [0.15, 0.2) is 0 Å². The smallest absolute Gasteiger partial charge is 0.416 e. The first-order valence-electron chi connectivity index (χ1n) is 8.82. The molecule has 1 saturated heterocycles. The van der Waals surface area contributed by atoms with Gasteiger partial charge < -0.3 is 10.0 Å². The van der Waals surface area contributed by atoms with Crippen molar-refractivity contribution in [2.24, 2.45) is 5.92 Å². The Morgan fingerprint density at radius 3 is 2.43 bits per heavy atom. The van der Waals surface area contributed by atoms with Gasteiger partial charge in [-0.25, -0.2) is 0 Å². The van der Waals surface area contributed by atoms with E-state index in [0.717, 1.165) is 16.2 Å². The summed E-state index contributed by atoms with van der Waals surface area (Å²) >= 11 is 3.38. The minimum atomic E-state index is -4.42. The highest BCUT2D eigenvalue weighted by atomic mass is 79.9. The second kappa shape index (κ2) is 8.53. The molecule has 1 aliphatic heterocycles. The minimum Gasteiger partial charge on any atom is -0.481 e. The Morgan fingerprint density at radius 2 is 1.79 bits per heavy atom. The summed E-state index contributed by atoms with van der Waals surface area (Å²) in [6, 6.07) is 13.1. The standard InChI is InChI=1S/C20H20BrF3N2O2/c21-16-5-7-17(8-6-16)26-11-14(9-19(27)28)10-25(13-26)12-15-3-1-2-4-18(15)20(22,23)24/h1-8,14H,9-13H2,(H,27,28). The van der Waals surface area contributed by atoms with Crippen LogP contribution in [0.3, 0.4) is 0 Å². The van der Waals surface area contributed by atoms with E-state index in [-0.39, 0.29) is 24.4 Å². The molecule has 0 saturated carbocycles. The van der Waals surface area contributed by atoms with E-state index in [4.69, 9.17) is 0 Å². The summed E-state index contributed by atoms with van der Waals surface area (Å²) in [5.41, 5.74) is 0.458. The third kappa shape index (κ3) is 5.26. The molecule has 28 heavy (non-hydrogen) atoms. The van der Waals surface area contributed by atoms with Crippen molar-refractivity contribution in [3.05, 3.63) is 64.1 Å². The van der Waals surface area contributed by atoms with Crippen molar-refractivity contribution in [3.63, 3.8) is 0 Å². The predicted octanol–water partition coefficient (Wildman–Crippen LogP) is 4.84. The topological polar surface area (TPSA) is 43.8 Å². The van der Waals surface area contributed by atoms with Crippen LogP contribution in [-0.2, 0) is 17.5 Å². The van der Waals surface area contributed by atoms with Crippen molar-refractivity contribution in [1.29, 1.82) is 0 Å². The van der Waals surface area contributed by atoms with Crippen LogP contribution in [0.4, 0.5) is 18.9 Å². The molecule has 1 aliphatic rings. The first-order chi connectivity index (χ1) is 13.2. The number of hydrogen-bond donors (Lipinski definition) is 1. The largest absolute Gasteiger partial charge is 0.481 e. The van der Waals surface area contributed by atoms with Crippen LogP contribution < -0.4 is 4.90 Å². The number of hydrogen-bond acceptors (Lipinski definition) is 3. The number of rotatable bonds is 5. The summed E-state index contributed by atoms with van der Waals surface area (Å²) < 4.78 is 40.9. The summed E-state index contributed by atoms with van der Waals surface area (Å²) in [6.45, 7) is 1.53. The van der Waals surface area contributed by atoms with Crippen molar-refractivity contribution < 1.29 is 23.1 Å². The molecule has 2 aromatic rings. The molecule has 2 aromatic carbocycles. The van der Waals surface area contributed by atoms with E-state index >= 15 is 0 Å². The molecule has 1 atom stereocenters. The van der Waals surface area contributed by atoms with Crippen LogP contribution in [0.1, 0.15) is 17.5 Å². The number of carboxylic acids is 1. The maximum Gasteiger partial charge on any atom is 0.416 e. The predicted molar refractivity (Wildman–Crippen MR) is 104 cm³/mol. The van der Waals surface area contributed by atoms with Gasteiger partial charge in [-0.2, -0.15) is 13.2 Å². The van der Waals surface area contributed by atoms with Crippen LogP contribution in [0, 0.1) is 5.92 Å². The lowest BCUT2D eigenvalue weighted by Crippen LogP contribution is -2.50. The van der Waals surface area contributed by atoms with Crippen LogP contribution in [-0.4, -0.2) is 35.7 Å². The summed E-state index contributed by atoms with van der Waals surface area (Å²) in [4.78, 5) is 15.1. The Hall–Kier alpha value is -2.06. The lowest BCUT2D eigenvalue weighted by molar-refractivity contribution is -0.138. The van der Waals surface area contributed by atoms with E-state index in [1.807, 2.05) is 34.1 Å². The number of carbonyl (C=O) groups is 1. The fourth-order valence-electron chi connectivity index (χ4n) is 3.60. The van der Waals surface area contributed by atoms with Gasteiger partial charge in [-0.3, -0.25) is 9.69 Å². The van der Waals surface area contributed by atoms with Gasteiger partial charge in [0.25, 0.3) is 0 Å². The summed E-state index contributed by atoms with van der Waals surface area (Å²) in [5.74, 6) is -1.08. The molecule has 0 aliphatic carbocycles. The van der Waals surface area contributed by atoms with Gasteiger partial charge in [-0.15, -0.1) is 0 Å². The van der Waals surface area contributed by atoms with Gasteiger partial charge in [0.2, 0.25) is 0 Å². The van der Waals surface area contributed by atoms with Crippen LogP contribution in [0.5, 0.6) is 0 Å². The van der Waals surface area contributed by atoms with Gasteiger partial charge in [-0.1, -0.05) is 34.1 Å². The fourth-order valence-corrected chi connectivity index (χ4v) is 3.86. The SMILES string of the molecule is O=C(O)CC1CN(Cc2ccccc2C(F)(F)F)CN(c2ccc(Br)cc2)C1. The second-order valence-electron chi connectivity index (χ2n) is 6.97. The van der Waals surface area contributed by atoms with Gasteiger partial charge >= 0.3 is 12.1 Å². The molecule has 0 amide bonds. The van der Waals surface area contributed by atoms with E-state index in [0.29, 0.717) is 19.8 Å². The molecule has 3 rings (SSSR count). The average molecular weight is 457 g/mol. The zero-order valence-corrected chi connectivity index (χ0v) is 16.6. The third-order valence-corrected chi connectivity index (χ3v) is 5.27. The van der Waals surface area contributed by atoms with Crippen molar-refractivity contribution in [1.82, 2.24) is 4.90 Å². The second-order valence-corrected chi connectivity index (χ2v) is 7.89. The molecular formula is C20H20BrF3N2O2. The number of halogens is 4. The molecule has 150 valence electrons. The molecule has 1 N–H and O–H groups in total. The molecule has 1 unspecified atom stereocenters. The molecule has 8 heteroatoms. The Balaban J connectivity index is 1.83. The van der Waals surface area contributed by atoms with E-state index in [1.54, 1.807) is 6.07 Å². The first-order valence-corrected chi connectivity index (χ1v) is 9.61. The van der Waals surface area contributed by atoms with E-state index in [9.17, 15) is 23.1 Å². The number of anilines is 1. The maximum absolute atomic E-state index is 13.3. The molecule has 0 aromatic heterocycles. The van der Waals surface area contributed by atoms with Crippen LogP contribution in [0.25, 0.3) is 0 Å². The molecule has 1 heterocycles. The number of nitrogens with zero attached hydrogens (tertiary/aromatic N) is 2. The Bertz CT molecular complexity index is 827. The summed E-state index contributed by atoms with van der Waals surface area (Å²) in [6.07, 6.45) is -4.44. The molecule has 0 bridgehead atoms.